The number of para-hydroxylation sites is 1. The van der Waals surface area contributed by atoms with Gasteiger partial charge >= 0.3 is 0 Å². The number of benzene rings is 3. The van der Waals surface area contributed by atoms with E-state index in [2.05, 4.69) is 88.3 Å². The first-order valence-electron chi connectivity index (χ1n) is 7.72. The van der Waals surface area contributed by atoms with Crippen LogP contribution in [0.1, 0.15) is 0 Å². The molecule has 3 nitrogen and oxygen atoms in total. The van der Waals surface area contributed by atoms with Crippen LogP contribution in [0.25, 0.3) is 0 Å². The Labute approximate surface area is 137 Å². The Morgan fingerprint density at radius 3 is 1.30 bits per heavy atom. The second kappa shape index (κ2) is 6.88. The molecule has 0 aromatic heterocycles. The van der Waals surface area contributed by atoms with Gasteiger partial charge in [0.25, 0.3) is 0 Å². The van der Waals surface area contributed by atoms with Crippen molar-refractivity contribution in [3.05, 3.63) is 78.9 Å². The molecule has 3 aromatic rings. The molecule has 0 aliphatic heterocycles. The van der Waals surface area contributed by atoms with Crippen molar-refractivity contribution in [1.82, 2.24) is 0 Å². The second-order valence-electron chi connectivity index (χ2n) is 5.26. The van der Waals surface area contributed by atoms with Crippen molar-refractivity contribution in [2.45, 2.75) is 0 Å². The molecule has 3 aromatic carbocycles. The molecule has 0 heterocycles. The number of nitrogens with zero attached hydrogens (tertiary/aromatic N) is 1. The van der Waals surface area contributed by atoms with Gasteiger partial charge in [0, 0.05) is 42.5 Å². The quantitative estimate of drug-likeness (QED) is 0.675. The van der Waals surface area contributed by atoms with Crippen LogP contribution in [0.4, 0.5) is 28.4 Å². The molecule has 116 valence electrons. The van der Waals surface area contributed by atoms with E-state index in [-0.39, 0.29) is 0 Å². The first kappa shape index (κ1) is 15.0. The van der Waals surface area contributed by atoms with Crippen molar-refractivity contribution in [2.24, 2.45) is 0 Å². The fourth-order valence-electron chi connectivity index (χ4n) is 2.58. The molecule has 2 N–H and O–H groups in total. The Balaban J connectivity index is 2.05. The molecule has 3 heteroatoms. The minimum absolute atomic E-state index is 1.10. The lowest BCUT2D eigenvalue weighted by atomic mass is 10.1. The Morgan fingerprint density at radius 2 is 0.913 bits per heavy atom. The third kappa shape index (κ3) is 3.29. The van der Waals surface area contributed by atoms with Crippen LogP contribution in [0.2, 0.25) is 0 Å². The van der Waals surface area contributed by atoms with Gasteiger partial charge in [0.1, 0.15) is 0 Å². The molecule has 0 amide bonds. The number of hydrogen-bond donors (Lipinski definition) is 2. The molecule has 0 unspecified atom stereocenters. The van der Waals surface area contributed by atoms with Crippen LogP contribution < -0.4 is 15.5 Å². The van der Waals surface area contributed by atoms with Crippen LogP contribution in [0.15, 0.2) is 78.9 Å². The Hall–Kier alpha value is -2.94. The Bertz CT molecular complexity index is 687. The fraction of sp³-hybridized carbons (Fsp3) is 0.100. The van der Waals surface area contributed by atoms with E-state index in [0.717, 1.165) is 28.4 Å². The van der Waals surface area contributed by atoms with Crippen LogP contribution in [0, 0.1) is 0 Å². The SMILES string of the molecule is CNc1ccc(N(c2ccccc2)c2ccc(NC)cc2)cc1. The predicted molar refractivity (Wildman–Crippen MR) is 100 cm³/mol. The molecule has 3 rings (SSSR count). The molecule has 0 saturated heterocycles. The first-order valence-corrected chi connectivity index (χ1v) is 7.72. The molecule has 0 fully saturated rings. The molecular formula is C20H21N3. The summed E-state index contributed by atoms with van der Waals surface area (Å²) in [6, 6.07) is 27.3. The third-order valence-electron chi connectivity index (χ3n) is 3.84. The molecule has 0 saturated carbocycles. The van der Waals surface area contributed by atoms with Gasteiger partial charge in [0.05, 0.1) is 0 Å². The van der Waals surface area contributed by atoms with Crippen LogP contribution in [0.5, 0.6) is 0 Å². The lowest BCUT2D eigenvalue weighted by molar-refractivity contribution is 1.28. The maximum absolute atomic E-state index is 3.16. The number of nitrogens with one attached hydrogen (secondary N) is 2. The van der Waals surface area contributed by atoms with Gasteiger partial charge in [-0.3, -0.25) is 0 Å². The van der Waals surface area contributed by atoms with Crippen molar-refractivity contribution < 1.29 is 0 Å². The van der Waals surface area contributed by atoms with Crippen LogP contribution in [0.3, 0.4) is 0 Å². The molecule has 0 atom stereocenters. The van der Waals surface area contributed by atoms with Gasteiger partial charge in [-0.15, -0.1) is 0 Å². The highest BCUT2D eigenvalue weighted by molar-refractivity contribution is 5.77. The lowest BCUT2D eigenvalue weighted by Gasteiger charge is -2.25. The summed E-state index contributed by atoms with van der Waals surface area (Å²) in [4.78, 5) is 2.25. The van der Waals surface area contributed by atoms with Crippen molar-refractivity contribution in [3.63, 3.8) is 0 Å². The van der Waals surface area contributed by atoms with E-state index in [1.807, 2.05) is 20.2 Å². The minimum atomic E-state index is 1.10. The second-order valence-corrected chi connectivity index (χ2v) is 5.26. The summed E-state index contributed by atoms with van der Waals surface area (Å²) >= 11 is 0. The van der Waals surface area contributed by atoms with E-state index in [4.69, 9.17) is 0 Å². The van der Waals surface area contributed by atoms with E-state index >= 15 is 0 Å². The maximum Gasteiger partial charge on any atom is 0.0463 e. The predicted octanol–water partition coefficient (Wildman–Crippen LogP) is 5.24. The Morgan fingerprint density at radius 1 is 0.522 bits per heavy atom. The summed E-state index contributed by atoms with van der Waals surface area (Å²) in [7, 11) is 3.86. The molecular weight excluding hydrogens is 282 g/mol. The lowest BCUT2D eigenvalue weighted by Crippen LogP contribution is -2.09. The number of rotatable bonds is 5. The van der Waals surface area contributed by atoms with E-state index in [1.54, 1.807) is 0 Å². The normalized spacial score (nSPS) is 10.2. The Kier molecular flexibility index (Phi) is 4.48. The van der Waals surface area contributed by atoms with Crippen LogP contribution in [-0.2, 0) is 0 Å². The fourth-order valence-corrected chi connectivity index (χ4v) is 2.58. The van der Waals surface area contributed by atoms with E-state index < -0.39 is 0 Å². The molecule has 0 radical (unpaired) electrons. The largest absolute Gasteiger partial charge is 0.388 e. The summed E-state index contributed by atoms with van der Waals surface area (Å²) in [5.74, 6) is 0. The zero-order chi connectivity index (χ0) is 16.1. The van der Waals surface area contributed by atoms with Gasteiger partial charge in [0.2, 0.25) is 0 Å². The van der Waals surface area contributed by atoms with Crippen molar-refractivity contribution in [2.75, 3.05) is 29.6 Å². The standard InChI is InChI=1S/C20H21N3/c1-21-16-8-12-19(13-9-16)23(18-6-4-3-5-7-18)20-14-10-17(22-2)11-15-20/h3-15,21-22H,1-2H3. The van der Waals surface area contributed by atoms with Crippen LogP contribution in [-0.4, -0.2) is 14.1 Å². The highest BCUT2D eigenvalue weighted by atomic mass is 15.1. The van der Waals surface area contributed by atoms with Gasteiger partial charge in [-0.25, -0.2) is 0 Å². The van der Waals surface area contributed by atoms with Crippen molar-refractivity contribution in [1.29, 1.82) is 0 Å². The van der Waals surface area contributed by atoms with Crippen molar-refractivity contribution in [3.8, 4) is 0 Å². The van der Waals surface area contributed by atoms with Crippen molar-refractivity contribution >= 4 is 28.4 Å². The van der Waals surface area contributed by atoms with Gasteiger partial charge in [0.15, 0.2) is 0 Å². The zero-order valence-corrected chi connectivity index (χ0v) is 13.5. The van der Waals surface area contributed by atoms with Gasteiger partial charge in [-0.05, 0) is 60.7 Å². The zero-order valence-electron chi connectivity index (χ0n) is 13.5. The maximum atomic E-state index is 3.16. The number of anilines is 5. The molecule has 0 aliphatic rings. The third-order valence-corrected chi connectivity index (χ3v) is 3.84. The summed E-state index contributed by atoms with van der Waals surface area (Å²) in [5.41, 5.74) is 5.61. The average molecular weight is 303 g/mol. The topological polar surface area (TPSA) is 27.3 Å². The van der Waals surface area contributed by atoms with Gasteiger partial charge < -0.3 is 15.5 Å². The molecule has 23 heavy (non-hydrogen) atoms. The molecule has 0 aliphatic carbocycles. The monoisotopic (exact) mass is 303 g/mol. The highest BCUT2D eigenvalue weighted by Crippen LogP contribution is 2.35. The molecule has 0 bridgehead atoms. The van der Waals surface area contributed by atoms with E-state index in [0.29, 0.717) is 0 Å². The van der Waals surface area contributed by atoms with Gasteiger partial charge in [-0.1, -0.05) is 18.2 Å². The number of hydrogen-bond acceptors (Lipinski definition) is 3. The van der Waals surface area contributed by atoms with Crippen LogP contribution >= 0.6 is 0 Å². The van der Waals surface area contributed by atoms with Gasteiger partial charge in [-0.2, -0.15) is 0 Å². The van der Waals surface area contributed by atoms with E-state index in [9.17, 15) is 0 Å². The molecule has 0 spiro atoms. The summed E-state index contributed by atoms with van der Waals surface area (Å²) < 4.78 is 0. The summed E-state index contributed by atoms with van der Waals surface area (Å²) in [5, 5.41) is 6.32. The summed E-state index contributed by atoms with van der Waals surface area (Å²) in [6.45, 7) is 0. The first-order chi connectivity index (χ1) is 11.3. The highest BCUT2D eigenvalue weighted by Gasteiger charge is 2.11. The van der Waals surface area contributed by atoms with E-state index in [1.165, 1.54) is 0 Å². The average Bonchev–Trinajstić information content (AvgIpc) is 2.64. The summed E-state index contributed by atoms with van der Waals surface area (Å²) in [6.07, 6.45) is 0. The minimum Gasteiger partial charge on any atom is -0.388 e. The smallest absolute Gasteiger partial charge is 0.0463 e.